The third-order valence-corrected chi connectivity index (χ3v) is 8.02. The fourth-order valence-corrected chi connectivity index (χ4v) is 5.81. The van der Waals surface area contributed by atoms with Crippen LogP contribution in [0, 0.1) is 17.0 Å². The van der Waals surface area contributed by atoms with E-state index < -0.39 is 0 Å². The van der Waals surface area contributed by atoms with E-state index in [9.17, 15) is 14.9 Å². The molecule has 0 atom stereocenters. The molecule has 2 aromatic carbocycles. The number of fused-ring (bicyclic) bond motifs is 1. The van der Waals surface area contributed by atoms with Crippen LogP contribution in [0.25, 0.3) is 28.0 Å². The van der Waals surface area contributed by atoms with Crippen LogP contribution in [0.3, 0.4) is 0 Å². The minimum absolute atomic E-state index is 0.0386. The number of nitrogens with zero attached hydrogens (tertiary/aromatic N) is 5. The van der Waals surface area contributed by atoms with Crippen molar-refractivity contribution < 1.29 is 9.72 Å². The molecule has 8 nitrogen and oxygen atoms in total. The van der Waals surface area contributed by atoms with Crippen LogP contribution in [-0.2, 0) is 6.54 Å². The summed E-state index contributed by atoms with van der Waals surface area (Å²) in [5.41, 5.74) is 6.62. The number of aryl methyl sites for hydroxylation is 1. The van der Waals surface area contributed by atoms with Gasteiger partial charge in [-0.25, -0.2) is 4.98 Å². The molecule has 1 fully saturated rings. The number of hydrogen-bond donors (Lipinski definition) is 0. The number of hydrogen-bond acceptors (Lipinski definition) is 6. The van der Waals surface area contributed by atoms with Gasteiger partial charge in [0.2, 0.25) is 0 Å². The Morgan fingerprint density at radius 2 is 1.74 bits per heavy atom. The van der Waals surface area contributed by atoms with Crippen LogP contribution in [-0.4, -0.2) is 56.2 Å². The topological polar surface area (TPSA) is 84.0 Å². The van der Waals surface area contributed by atoms with Gasteiger partial charge >= 0.3 is 0 Å². The molecule has 4 heterocycles. The Morgan fingerprint density at radius 1 is 0.949 bits per heavy atom. The zero-order chi connectivity index (χ0) is 26.9. The summed E-state index contributed by atoms with van der Waals surface area (Å²) in [6, 6.07) is 22.9. The lowest BCUT2D eigenvalue weighted by Gasteiger charge is -2.34. The van der Waals surface area contributed by atoms with E-state index in [0.29, 0.717) is 25.2 Å². The van der Waals surface area contributed by atoms with Crippen LogP contribution in [0.4, 0.5) is 5.69 Å². The monoisotopic (exact) mass is 537 g/mol. The molecule has 1 aliphatic rings. The summed E-state index contributed by atoms with van der Waals surface area (Å²) >= 11 is 1.47. The molecule has 39 heavy (non-hydrogen) atoms. The molecule has 1 saturated heterocycles. The largest absolute Gasteiger partial charge is 0.335 e. The van der Waals surface area contributed by atoms with Gasteiger partial charge in [0.15, 0.2) is 0 Å². The van der Waals surface area contributed by atoms with Gasteiger partial charge in [0.25, 0.3) is 11.6 Å². The minimum atomic E-state index is -0.376. The fraction of sp³-hybridized carbons (Fsp3) is 0.200. The predicted molar refractivity (Wildman–Crippen MR) is 153 cm³/mol. The number of rotatable bonds is 6. The Labute approximate surface area is 229 Å². The SMILES string of the molecule is Cc1cccc(-c2ccc3nc(-c4cccc([N+](=O)[O-])c4)c(CN4CCN(C(=O)c5cccs5)CC4)n3c2)c1. The lowest BCUT2D eigenvalue weighted by molar-refractivity contribution is -0.384. The van der Waals surface area contributed by atoms with E-state index in [0.717, 1.165) is 46.1 Å². The lowest BCUT2D eigenvalue weighted by Crippen LogP contribution is -2.48. The Hall–Kier alpha value is -4.34. The Balaban J connectivity index is 1.35. The summed E-state index contributed by atoms with van der Waals surface area (Å²) in [5, 5.41) is 13.4. The Morgan fingerprint density at radius 3 is 2.49 bits per heavy atom. The van der Waals surface area contributed by atoms with Crippen molar-refractivity contribution >= 4 is 28.6 Å². The molecular formula is C30H27N5O3S. The number of thiophene rings is 1. The summed E-state index contributed by atoms with van der Waals surface area (Å²) in [6.07, 6.45) is 2.10. The molecule has 0 bridgehead atoms. The molecule has 0 radical (unpaired) electrons. The van der Waals surface area contributed by atoms with Gasteiger partial charge in [-0.3, -0.25) is 19.8 Å². The number of pyridine rings is 1. The minimum Gasteiger partial charge on any atom is -0.335 e. The van der Waals surface area contributed by atoms with Crippen LogP contribution in [0.2, 0.25) is 0 Å². The van der Waals surface area contributed by atoms with E-state index >= 15 is 0 Å². The van der Waals surface area contributed by atoms with E-state index in [1.807, 2.05) is 34.5 Å². The second-order valence-electron chi connectivity index (χ2n) is 9.78. The zero-order valence-electron chi connectivity index (χ0n) is 21.5. The number of carbonyl (C=O) groups excluding carboxylic acids is 1. The van der Waals surface area contributed by atoms with E-state index in [1.54, 1.807) is 12.1 Å². The van der Waals surface area contributed by atoms with Gasteiger partial charge in [0.05, 0.1) is 21.2 Å². The highest BCUT2D eigenvalue weighted by Gasteiger charge is 2.25. The van der Waals surface area contributed by atoms with E-state index in [-0.39, 0.29) is 16.5 Å². The number of carbonyl (C=O) groups is 1. The van der Waals surface area contributed by atoms with E-state index in [2.05, 4.69) is 52.8 Å². The lowest BCUT2D eigenvalue weighted by atomic mass is 10.1. The highest BCUT2D eigenvalue weighted by Crippen LogP contribution is 2.31. The molecule has 0 spiro atoms. The number of nitro groups is 1. The summed E-state index contributed by atoms with van der Waals surface area (Å²) in [7, 11) is 0. The number of nitro benzene ring substituents is 1. The average Bonchev–Trinajstić information content (AvgIpc) is 3.62. The number of amides is 1. The van der Waals surface area contributed by atoms with Gasteiger partial charge in [0, 0.05) is 56.6 Å². The number of benzene rings is 2. The van der Waals surface area contributed by atoms with Crippen molar-refractivity contribution in [1.29, 1.82) is 0 Å². The van der Waals surface area contributed by atoms with Gasteiger partial charge in [-0.1, -0.05) is 48.0 Å². The van der Waals surface area contributed by atoms with E-state index in [1.165, 1.54) is 23.0 Å². The van der Waals surface area contributed by atoms with E-state index in [4.69, 9.17) is 4.98 Å². The second kappa shape index (κ2) is 10.4. The molecule has 9 heteroatoms. The second-order valence-corrected chi connectivity index (χ2v) is 10.7. The number of imidazole rings is 1. The maximum Gasteiger partial charge on any atom is 0.270 e. The standard InChI is InChI=1S/C30H27N5O3S/c1-21-5-2-6-22(17-21)24-10-11-28-31-29(23-7-3-8-25(18-23)35(37)38)26(34(28)19-24)20-32-12-14-33(15-13-32)30(36)27-9-4-16-39-27/h2-11,16-19H,12-15,20H2,1H3. The van der Waals surface area contributed by atoms with Crippen molar-refractivity contribution in [3.05, 3.63) is 111 Å². The van der Waals surface area contributed by atoms with Gasteiger partial charge in [-0.15, -0.1) is 11.3 Å². The number of piperazine rings is 1. The Bertz CT molecular complexity index is 1670. The van der Waals surface area contributed by atoms with Crippen molar-refractivity contribution in [1.82, 2.24) is 19.2 Å². The molecule has 3 aromatic heterocycles. The van der Waals surface area contributed by atoms with Crippen molar-refractivity contribution in [3.8, 4) is 22.4 Å². The van der Waals surface area contributed by atoms with Gasteiger partial charge < -0.3 is 9.30 Å². The van der Waals surface area contributed by atoms with Crippen molar-refractivity contribution in [2.24, 2.45) is 0 Å². The molecule has 1 amide bonds. The third kappa shape index (κ3) is 5.06. The first kappa shape index (κ1) is 25.0. The van der Waals surface area contributed by atoms with Crippen LogP contribution >= 0.6 is 11.3 Å². The molecule has 196 valence electrons. The van der Waals surface area contributed by atoms with Crippen LogP contribution in [0.5, 0.6) is 0 Å². The molecule has 6 rings (SSSR count). The molecular weight excluding hydrogens is 510 g/mol. The molecule has 1 aliphatic heterocycles. The first-order valence-corrected chi connectivity index (χ1v) is 13.7. The quantitative estimate of drug-likeness (QED) is 0.199. The van der Waals surface area contributed by atoms with Gasteiger partial charge in [-0.05, 0) is 41.6 Å². The predicted octanol–water partition coefficient (Wildman–Crippen LogP) is 5.90. The van der Waals surface area contributed by atoms with Crippen LogP contribution < -0.4 is 0 Å². The third-order valence-electron chi connectivity index (χ3n) is 7.16. The van der Waals surface area contributed by atoms with Gasteiger partial charge in [-0.2, -0.15) is 0 Å². The van der Waals surface area contributed by atoms with Crippen molar-refractivity contribution in [2.45, 2.75) is 13.5 Å². The average molecular weight is 538 g/mol. The maximum atomic E-state index is 12.8. The highest BCUT2D eigenvalue weighted by molar-refractivity contribution is 7.12. The molecule has 0 unspecified atom stereocenters. The molecule has 0 N–H and O–H groups in total. The number of non-ortho nitro benzene ring substituents is 1. The summed E-state index contributed by atoms with van der Waals surface area (Å²) in [5.74, 6) is 0.0829. The molecule has 0 saturated carbocycles. The Kier molecular flexibility index (Phi) is 6.68. The van der Waals surface area contributed by atoms with Crippen molar-refractivity contribution in [3.63, 3.8) is 0 Å². The van der Waals surface area contributed by atoms with Crippen molar-refractivity contribution in [2.75, 3.05) is 26.2 Å². The van der Waals surface area contributed by atoms with Crippen LogP contribution in [0.15, 0.2) is 84.4 Å². The normalized spacial score (nSPS) is 14.1. The first-order chi connectivity index (χ1) is 19.0. The molecule has 0 aliphatic carbocycles. The zero-order valence-corrected chi connectivity index (χ0v) is 22.3. The first-order valence-electron chi connectivity index (χ1n) is 12.8. The summed E-state index contributed by atoms with van der Waals surface area (Å²) in [6.45, 7) is 5.44. The molecule has 5 aromatic rings. The summed E-state index contributed by atoms with van der Waals surface area (Å²) < 4.78 is 2.11. The smallest absolute Gasteiger partial charge is 0.270 e. The fourth-order valence-electron chi connectivity index (χ4n) is 5.11. The van der Waals surface area contributed by atoms with Gasteiger partial charge in [0.1, 0.15) is 5.65 Å². The maximum absolute atomic E-state index is 12.8. The van der Waals surface area contributed by atoms with Crippen LogP contribution in [0.1, 0.15) is 20.9 Å². The number of aromatic nitrogens is 2. The summed E-state index contributed by atoms with van der Waals surface area (Å²) in [4.78, 5) is 33.9. The highest BCUT2D eigenvalue weighted by atomic mass is 32.1.